The lowest BCUT2D eigenvalue weighted by Crippen LogP contribution is -2.12. The van der Waals surface area contributed by atoms with Crippen LogP contribution in [0.15, 0.2) is 89.6 Å². The zero-order valence-corrected chi connectivity index (χ0v) is 25.7. The van der Waals surface area contributed by atoms with Gasteiger partial charge in [-0.05, 0) is 64.9 Å². The van der Waals surface area contributed by atoms with Gasteiger partial charge in [-0.2, -0.15) is 0 Å². The van der Waals surface area contributed by atoms with Crippen LogP contribution in [0, 0.1) is 0 Å². The number of aromatic hydroxyl groups is 1. The zero-order valence-electron chi connectivity index (χ0n) is 25.7. The number of rotatable bonds is 2. The summed E-state index contributed by atoms with van der Waals surface area (Å²) in [5, 5.41) is 13.0. The fraction of sp³-hybridized carbons (Fsp3) is 0.216. The Labute approximate surface area is 254 Å². The standard InChI is InChI=1S/C37H33N5O2/c1-36(2,3)22-18-23(21-17-24-31-33(44-34(24)39-20-21)25(15-16-38-31)37(4,5)6)32(43)30(19-22)42-29-14-10-9-13-28(29)41-27-12-8-7-11-26(27)40-35(41)42/h7-20,43H,1-6H3. The summed E-state index contributed by atoms with van der Waals surface area (Å²) < 4.78 is 10.5. The predicted octanol–water partition coefficient (Wildman–Crippen LogP) is 9.09. The van der Waals surface area contributed by atoms with Crippen LogP contribution in [-0.4, -0.2) is 29.0 Å². The van der Waals surface area contributed by atoms with E-state index in [2.05, 4.69) is 80.8 Å². The van der Waals surface area contributed by atoms with Gasteiger partial charge in [-0.15, -0.1) is 0 Å². The Balaban J connectivity index is 1.43. The van der Waals surface area contributed by atoms with Crippen LogP contribution in [0.25, 0.3) is 66.9 Å². The van der Waals surface area contributed by atoms with E-state index in [1.807, 2.05) is 48.7 Å². The molecule has 0 unspecified atom stereocenters. The molecule has 0 spiro atoms. The van der Waals surface area contributed by atoms with E-state index < -0.39 is 0 Å². The summed E-state index contributed by atoms with van der Waals surface area (Å²) >= 11 is 0. The van der Waals surface area contributed by atoms with E-state index in [1.165, 1.54) is 0 Å². The van der Waals surface area contributed by atoms with Crippen molar-refractivity contribution in [2.45, 2.75) is 52.4 Å². The van der Waals surface area contributed by atoms with E-state index in [4.69, 9.17) is 19.4 Å². The number of hydrogen-bond acceptors (Lipinski definition) is 5. The van der Waals surface area contributed by atoms with E-state index in [-0.39, 0.29) is 16.6 Å². The van der Waals surface area contributed by atoms with Crippen molar-refractivity contribution < 1.29 is 9.52 Å². The first-order valence-corrected chi connectivity index (χ1v) is 14.9. The van der Waals surface area contributed by atoms with Gasteiger partial charge in [-0.25, -0.2) is 9.97 Å². The van der Waals surface area contributed by atoms with E-state index in [0.29, 0.717) is 17.0 Å². The number of fused-ring (bicyclic) bond motifs is 8. The van der Waals surface area contributed by atoms with Gasteiger partial charge in [0.1, 0.15) is 11.3 Å². The number of imidazole rings is 2. The molecule has 0 aliphatic rings. The Bertz CT molecular complexity index is 2430. The Morgan fingerprint density at radius 1 is 0.773 bits per heavy atom. The molecule has 0 saturated heterocycles. The first kappa shape index (κ1) is 26.5. The minimum absolute atomic E-state index is 0.116. The number of hydrogen-bond donors (Lipinski definition) is 1. The number of pyridine rings is 2. The van der Waals surface area contributed by atoms with Gasteiger partial charge < -0.3 is 9.52 Å². The smallest absolute Gasteiger partial charge is 0.228 e. The third kappa shape index (κ3) is 3.78. The van der Waals surface area contributed by atoms with Crippen molar-refractivity contribution in [3.8, 4) is 22.6 Å². The molecule has 0 fully saturated rings. The Morgan fingerprint density at radius 3 is 2.25 bits per heavy atom. The van der Waals surface area contributed by atoms with Gasteiger partial charge in [0, 0.05) is 29.1 Å². The molecule has 7 heteroatoms. The van der Waals surface area contributed by atoms with Crippen molar-refractivity contribution in [3.05, 3.63) is 96.3 Å². The number of aromatic nitrogens is 5. The number of phenols is 1. The lowest BCUT2D eigenvalue weighted by atomic mass is 9.84. The molecule has 44 heavy (non-hydrogen) atoms. The third-order valence-corrected chi connectivity index (χ3v) is 8.63. The molecular formula is C37H33N5O2. The normalized spacial score (nSPS) is 12.9. The van der Waals surface area contributed by atoms with Crippen LogP contribution in [0.2, 0.25) is 0 Å². The van der Waals surface area contributed by atoms with Crippen molar-refractivity contribution in [3.63, 3.8) is 0 Å². The van der Waals surface area contributed by atoms with Crippen molar-refractivity contribution in [2.75, 3.05) is 0 Å². The molecule has 5 aromatic heterocycles. The van der Waals surface area contributed by atoms with Gasteiger partial charge in [-0.3, -0.25) is 14.0 Å². The minimum atomic E-state index is -0.195. The van der Waals surface area contributed by atoms with Crippen LogP contribution in [-0.2, 0) is 10.8 Å². The SMILES string of the molecule is CC(C)(C)c1cc(-c2cnc3oc4c(C(C)(C)C)ccnc4c3c2)c(O)c(-n2c3ccccc3n3c4ccccc4nc23)c1. The van der Waals surface area contributed by atoms with Crippen LogP contribution in [0.3, 0.4) is 0 Å². The van der Waals surface area contributed by atoms with E-state index in [9.17, 15) is 5.11 Å². The van der Waals surface area contributed by atoms with Crippen LogP contribution >= 0.6 is 0 Å². The monoisotopic (exact) mass is 579 g/mol. The highest BCUT2D eigenvalue weighted by Gasteiger charge is 2.26. The average molecular weight is 580 g/mol. The number of nitrogens with zero attached hydrogens (tertiary/aromatic N) is 5. The van der Waals surface area contributed by atoms with Crippen LogP contribution in [0.4, 0.5) is 0 Å². The number of benzene rings is 3. The summed E-state index contributed by atoms with van der Waals surface area (Å²) in [5.74, 6) is 0.902. The van der Waals surface area contributed by atoms with E-state index >= 15 is 0 Å². The van der Waals surface area contributed by atoms with Crippen LogP contribution in [0.1, 0.15) is 52.7 Å². The molecule has 0 atom stereocenters. The molecule has 0 saturated carbocycles. The Morgan fingerprint density at radius 2 is 1.50 bits per heavy atom. The van der Waals surface area contributed by atoms with Crippen LogP contribution in [0.5, 0.6) is 5.75 Å². The maximum atomic E-state index is 12.2. The molecule has 8 rings (SSSR count). The second-order valence-electron chi connectivity index (χ2n) is 13.7. The topological polar surface area (TPSA) is 81.4 Å². The van der Waals surface area contributed by atoms with Gasteiger partial charge in [0.25, 0.3) is 0 Å². The summed E-state index contributed by atoms with van der Waals surface area (Å²) in [7, 11) is 0. The molecule has 7 nitrogen and oxygen atoms in total. The lowest BCUT2D eigenvalue weighted by Gasteiger charge is -2.23. The summed E-state index contributed by atoms with van der Waals surface area (Å²) in [5.41, 5.74) is 9.95. The molecule has 0 amide bonds. The molecule has 0 aliphatic carbocycles. The molecule has 218 valence electrons. The van der Waals surface area contributed by atoms with E-state index in [0.717, 1.165) is 61.0 Å². The summed E-state index contributed by atoms with van der Waals surface area (Å²) in [6, 6.07) is 24.6. The second-order valence-corrected chi connectivity index (χ2v) is 13.7. The molecule has 3 aromatic carbocycles. The predicted molar refractivity (Wildman–Crippen MR) is 177 cm³/mol. The first-order valence-electron chi connectivity index (χ1n) is 14.9. The lowest BCUT2D eigenvalue weighted by molar-refractivity contribution is 0.473. The molecule has 5 heterocycles. The molecule has 8 aromatic rings. The highest BCUT2D eigenvalue weighted by molar-refractivity contribution is 6.04. The van der Waals surface area contributed by atoms with Crippen molar-refractivity contribution in [1.29, 1.82) is 0 Å². The second kappa shape index (κ2) is 8.92. The highest BCUT2D eigenvalue weighted by Crippen LogP contribution is 2.43. The quantitative estimate of drug-likeness (QED) is 0.221. The summed E-state index contributed by atoms with van der Waals surface area (Å²) in [4.78, 5) is 14.5. The van der Waals surface area contributed by atoms with E-state index in [1.54, 1.807) is 6.20 Å². The van der Waals surface area contributed by atoms with Crippen molar-refractivity contribution >= 4 is 50.0 Å². The van der Waals surface area contributed by atoms with Gasteiger partial charge in [0.15, 0.2) is 5.58 Å². The van der Waals surface area contributed by atoms with Crippen molar-refractivity contribution in [2.24, 2.45) is 0 Å². The maximum absolute atomic E-state index is 12.2. The van der Waals surface area contributed by atoms with Gasteiger partial charge in [0.05, 0.1) is 33.1 Å². The molecular weight excluding hydrogens is 546 g/mol. The summed E-state index contributed by atoms with van der Waals surface area (Å²) in [6.07, 6.45) is 3.61. The number of phenolic OH excluding ortho intramolecular Hbond substituents is 1. The highest BCUT2D eigenvalue weighted by atomic mass is 16.3. The van der Waals surface area contributed by atoms with Crippen LogP contribution < -0.4 is 0 Å². The Hall–Kier alpha value is -5.17. The molecule has 1 N–H and O–H groups in total. The maximum Gasteiger partial charge on any atom is 0.228 e. The molecule has 0 bridgehead atoms. The first-order chi connectivity index (χ1) is 21.0. The number of furan rings is 1. The van der Waals surface area contributed by atoms with Gasteiger partial charge in [0.2, 0.25) is 11.5 Å². The average Bonchev–Trinajstić information content (AvgIpc) is 3.64. The largest absolute Gasteiger partial charge is 0.505 e. The van der Waals surface area contributed by atoms with Crippen molar-refractivity contribution in [1.82, 2.24) is 23.9 Å². The number of para-hydroxylation sites is 4. The molecule has 0 radical (unpaired) electrons. The van der Waals surface area contributed by atoms with Gasteiger partial charge >= 0.3 is 0 Å². The third-order valence-electron chi connectivity index (χ3n) is 8.63. The molecule has 0 aliphatic heterocycles. The van der Waals surface area contributed by atoms with Gasteiger partial charge in [-0.1, -0.05) is 65.8 Å². The fourth-order valence-corrected chi connectivity index (χ4v) is 6.31. The minimum Gasteiger partial charge on any atom is -0.505 e. The fourth-order valence-electron chi connectivity index (χ4n) is 6.31. The summed E-state index contributed by atoms with van der Waals surface area (Å²) in [6.45, 7) is 13.0. The zero-order chi connectivity index (χ0) is 30.5. The Kier molecular flexibility index (Phi) is 5.37.